The van der Waals surface area contributed by atoms with E-state index in [-0.39, 0.29) is 57.6 Å². The lowest BCUT2D eigenvalue weighted by Crippen LogP contribution is -1.98. The van der Waals surface area contributed by atoms with Crippen molar-refractivity contribution in [1.29, 1.82) is 0 Å². The van der Waals surface area contributed by atoms with Crippen LogP contribution in [-0.4, -0.2) is 9.13 Å². The Bertz CT molecular complexity index is 4310. The molecule has 0 bridgehead atoms. The summed E-state index contributed by atoms with van der Waals surface area (Å²) in [6, 6.07) is 60.3. The minimum atomic E-state index is -0.440. The number of hydrogen-bond donors (Lipinski definition) is 0. The molecule has 0 unspecified atom stereocenters. The first-order valence-electron chi connectivity index (χ1n) is 24.5. The Balaban J connectivity index is 1.12. The van der Waals surface area contributed by atoms with Gasteiger partial charge in [0.1, 0.15) is 11.2 Å². The largest absolute Gasteiger partial charge is 0.456 e. The Kier molecular flexibility index (Phi) is 6.48. The monoisotopic (exact) mass is 809 g/mol. The maximum Gasteiger partial charge on any atom is 0.137 e. The van der Waals surface area contributed by atoms with Gasteiger partial charge in [-0.1, -0.05) is 164 Å². The van der Waals surface area contributed by atoms with E-state index in [9.17, 15) is 6.85 Å². The average molecular weight is 810 g/mol. The Morgan fingerprint density at radius 2 is 0.984 bits per heavy atom. The molecule has 0 aliphatic rings. The van der Waals surface area contributed by atoms with E-state index in [4.69, 9.17) is 7.16 Å². The van der Waals surface area contributed by atoms with Gasteiger partial charge < -0.3 is 13.6 Å². The molecule has 0 N–H and O–H groups in total. The van der Waals surface area contributed by atoms with Crippen molar-refractivity contribution in [1.82, 2.24) is 9.13 Å². The molecule has 0 aliphatic carbocycles. The van der Waals surface area contributed by atoms with Crippen LogP contribution in [0, 0.1) is 0 Å². The van der Waals surface area contributed by atoms with Crippen LogP contribution in [-0.2, 0) is 0 Å². The smallest absolute Gasteiger partial charge is 0.137 e. The topological polar surface area (TPSA) is 23.0 Å². The number of fused-ring (bicyclic) bond motifs is 9. The van der Waals surface area contributed by atoms with Gasteiger partial charge in [0.2, 0.25) is 0 Å². The zero-order chi connectivity index (χ0) is 47.5. The third-order valence-corrected chi connectivity index (χ3v) is 12.4. The van der Waals surface area contributed by atoms with E-state index >= 15 is 0 Å². The summed E-state index contributed by atoms with van der Waals surface area (Å²) in [6.07, 6.45) is 0. The van der Waals surface area contributed by atoms with Crippen LogP contribution in [0.15, 0.2) is 235 Å². The van der Waals surface area contributed by atoms with Crippen molar-refractivity contribution < 1.29 is 14.0 Å². The first-order valence-corrected chi connectivity index (χ1v) is 21.0. The zero-order valence-corrected chi connectivity index (χ0v) is 33.7. The number of hydrogen-bond acceptors (Lipinski definition) is 1. The van der Waals surface area contributed by atoms with Gasteiger partial charge in [-0.3, -0.25) is 0 Å². The Morgan fingerprint density at radius 3 is 1.81 bits per heavy atom. The van der Waals surface area contributed by atoms with E-state index < -0.39 is 12.1 Å². The van der Waals surface area contributed by atoms with Crippen LogP contribution in [0.1, 0.15) is 9.60 Å². The number of furan rings is 1. The van der Waals surface area contributed by atoms with Gasteiger partial charge in [0.05, 0.1) is 48.4 Å². The number of aromatic nitrogens is 2. The van der Waals surface area contributed by atoms with Gasteiger partial charge in [-0.2, -0.15) is 0 Å². The molecule has 13 rings (SSSR count). The summed E-state index contributed by atoms with van der Waals surface area (Å²) in [7, 11) is 0. The second-order valence-electron chi connectivity index (χ2n) is 15.9. The molecule has 10 aromatic carbocycles. The molecule has 3 nitrogen and oxygen atoms in total. The summed E-state index contributed by atoms with van der Waals surface area (Å²) in [4.78, 5) is 0. The lowest BCUT2D eigenvalue weighted by atomic mass is 9.96. The quantitative estimate of drug-likeness (QED) is 0.164. The van der Waals surface area contributed by atoms with E-state index in [0.29, 0.717) is 11.3 Å². The maximum absolute atomic E-state index is 10.2. The van der Waals surface area contributed by atoms with Crippen LogP contribution < -0.4 is 0 Å². The highest BCUT2D eigenvalue weighted by atomic mass is 16.3. The van der Waals surface area contributed by atoms with E-state index in [1.54, 1.807) is 4.57 Å². The van der Waals surface area contributed by atoms with Crippen molar-refractivity contribution in [3.05, 3.63) is 230 Å². The first-order chi connectivity index (χ1) is 34.2. The molecule has 0 fully saturated rings. The van der Waals surface area contributed by atoms with Gasteiger partial charge in [-0.05, 0) is 106 Å². The summed E-state index contributed by atoms with van der Waals surface area (Å²) in [6.45, 7) is 0. The summed E-state index contributed by atoms with van der Waals surface area (Å²) in [5.41, 5.74) is 11.5. The highest BCUT2D eigenvalue weighted by Crippen LogP contribution is 2.44. The summed E-state index contributed by atoms with van der Waals surface area (Å²) in [5.74, 6) is 0. The fourth-order valence-electron chi connectivity index (χ4n) is 9.58. The third kappa shape index (κ3) is 5.53. The van der Waals surface area contributed by atoms with Gasteiger partial charge in [-0.15, -0.1) is 0 Å². The lowest BCUT2D eigenvalue weighted by molar-refractivity contribution is 0.669. The number of benzene rings is 10. The fraction of sp³-hybridized carbons (Fsp3) is 0. The average Bonchev–Trinajstić information content (AvgIpc) is 4.08. The van der Waals surface area contributed by atoms with Crippen LogP contribution in [0.2, 0.25) is 0 Å². The summed E-state index contributed by atoms with van der Waals surface area (Å²) >= 11 is 0. The normalized spacial score (nSPS) is 13.4. The maximum atomic E-state index is 10.2. The molecule has 0 aliphatic heterocycles. The van der Waals surface area contributed by atoms with Crippen molar-refractivity contribution in [3.8, 4) is 55.9 Å². The van der Waals surface area contributed by atoms with Crippen LogP contribution in [0.25, 0.3) is 121 Å². The van der Waals surface area contributed by atoms with Crippen LogP contribution in [0.5, 0.6) is 0 Å². The summed E-state index contributed by atoms with van der Waals surface area (Å²) in [5, 5.41) is 4.11. The van der Waals surface area contributed by atoms with Gasteiger partial charge in [0, 0.05) is 32.5 Å². The molecule has 0 saturated carbocycles. The van der Waals surface area contributed by atoms with Gasteiger partial charge in [0.15, 0.2) is 0 Å². The Morgan fingerprint density at radius 1 is 0.333 bits per heavy atom. The molecular formula is C60H38N2O. The fourth-order valence-corrected chi connectivity index (χ4v) is 9.58. The SMILES string of the molecule is [2H]c1c([2H])c([2H])c2c(c1[2H])c1c([2H])c(-c3ccc4c(c3)c3c(-c5ccccc5)cccc3n4-c3cccc4oc5ccccc5c34)c([2H])c([2H])c1n2-c1ccc(-c2ccccc2)cc1-c1ccccc1. The third-order valence-electron chi connectivity index (χ3n) is 12.4. The van der Waals surface area contributed by atoms with E-state index in [0.717, 1.165) is 82.8 Å². The molecule has 3 aromatic heterocycles. The van der Waals surface area contributed by atoms with Crippen molar-refractivity contribution >= 4 is 65.6 Å². The summed E-state index contributed by atoms with van der Waals surface area (Å²) < 4.78 is 77.0. The second-order valence-corrected chi connectivity index (χ2v) is 15.9. The van der Waals surface area contributed by atoms with Crippen molar-refractivity contribution in [2.45, 2.75) is 0 Å². The van der Waals surface area contributed by atoms with E-state index in [1.807, 2.05) is 140 Å². The molecule has 0 spiro atoms. The molecule has 63 heavy (non-hydrogen) atoms. The number of para-hydroxylation sites is 2. The Labute approximate surface area is 373 Å². The number of nitrogens with zero attached hydrogens (tertiary/aromatic N) is 2. The standard InChI is InChI=1S/C60H38N2O/c1-4-16-39(17-5-1)42-30-33-52(48(36-42)41-20-8-3-9-21-41)61-51-25-12-10-22-46(51)49-37-43(31-34-53(49)61)44-32-35-54-50(38-44)59-45(40-18-6-2-7-19-40)24-14-26-55(59)62(54)56-27-15-29-58-60(56)47-23-11-13-28-57(47)63-58/h1-38H/i10D,12D,22D,25D,31D,34D,37D. The first kappa shape index (κ1) is 29.0. The minimum absolute atomic E-state index is 0.104. The predicted octanol–water partition coefficient (Wildman–Crippen LogP) is 16.4. The van der Waals surface area contributed by atoms with Crippen molar-refractivity contribution in [3.63, 3.8) is 0 Å². The van der Waals surface area contributed by atoms with Gasteiger partial charge >= 0.3 is 0 Å². The molecule has 294 valence electrons. The highest BCUT2D eigenvalue weighted by Gasteiger charge is 2.22. The number of rotatable bonds is 6. The predicted molar refractivity (Wildman–Crippen MR) is 264 cm³/mol. The molecule has 3 heterocycles. The molecule has 3 heteroatoms. The van der Waals surface area contributed by atoms with Gasteiger partial charge in [-0.25, -0.2) is 0 Å². The molecule has 13 aromatic rings. The molecule has 0 amide bonds. The zero-order valence-electron chi connectivity index (χ0n) is 40.7. The minimum Gasteiger partial charge on any atom is -0.456 e. The van der Waals surface area contributed by atoms with Gasteiger partial charge in [0.25, 0.3) is 0 Å². The Hall–Kier alpha value is -8.40. The lowest BCUT2D eigenvalue weighted by Gasteiger charge is -2.16. The van der Waals surface area contributed by atoms with Crippen LogP contribution in [0.3, 0.4) is 0 Å². The molecule has 0 radical (unpaired) electrons. The van der Waals surface area contributed by atoms with E-state index in [1.165, 1.54) is 0 Å². The highest BCUT2D eigenvalue weighted by molar-refractivity contribution is 6.19. The molecular weight excluding hydrogens is 765 g/mol. The van der Waals surface area contributed by atoms with Crippen molar-refractivity contribution in [2.75, 3.05) is 0 Å². The van der Waals surface area contributed by atoms with E-state index in [2.05, 4.69) is 53.1 Å². The van der Waals surface area contributed by atoms with Crippen LogP contribution in [0.4, 0.5) is 0 Å². The molecule has 0 saturated heterocycles. The van der Waals surface area contributed by atoms with Crippen LogP contribution >= 0.6 is 0 Å². The molecule has 0 atom stereocenters. The van der Waals surface area contributed by atoms with Crippen molar-refractivity contribution in [2.24, 2.45) is 0 Å². The second kappa shape index (κ2) is 14.1.